The number of halogens is 1. The monoisotopic (exact) mass is 428 g/mol. The molecule has 0 saturated carbocycles. The summed E-state index contributed by atoms with van der Waals surface area (Å²) in [4.78, 5) is 40.1. The molecule has 0 fully saturated rings. The lowest BCUT2D eigenvalue weighted by atomic mass is 9.94. The molecule has 0 spiro atoms. The van der Waals surface area contributed by atoms with Crippen LogP contribution in [0.3, 0.4) is 0 Å². The highest BCUT2D eigenvalue weighted by atomic mass is 35.5. The fourth-order valence-electron chi connectivity index (χ4n) is 3.17. The number of anilines is 1. The van der Waals surface area contributed by atoms with Crippen molar-refractivity contribution in [2.75, 3.05) is 18.1 Å². The second-order valence-electron chi connectivity index (χ2n) is 6.31. The van der Waals surface area contributed by atoms with Crippen LogP contribution in [0.2, 0.25) is 5.02 Å². The number of esters is 2. The molecular weight excluding hydrogens is 408 g/mol. The van der Waals surface area contributed by atoms with Gasteiger partial charge in [-0.25, -0.2) is 14.4 Å². The Bertz CT molecular complexity index is 973. The molecule has 1 aliphatic heterocycles. The van der Waals surface area contributed by atoms with Crippen LogP contribution in [0, 0.1) is 0 Å². The van der Waals surface area contributed by atoms with E-state index in [-0.39, 0.29) is 24.5 Å². The quantitative estimate of drug-likeness (QED) is 0.703. The van der Waals surface area contributed by atoms with E-state index in [4.69, 9.17) is 21.1 Å². The lowest BCUT2D eigenvalue weighted by Crippen LogP contribution is -2.51. The second-order valence-corrected chi connectivity index (χ2v) is 6.74. The average molecular weight is 429 g/mol. The van der Waals surface area contributed by atoms with Crippen molar-refractivity contribution in [1.82, 2.24) is 5.32 Å². The first-order chi connectivity index (χ1) is 14.5. The van der Waals surface area contributed by atoms with Crippen molar-refractivity contribution >= 4 is 35.3 Å². The van der Waals surface area contributed by atoms with Gasteiger partial charge in [-0.2, -0.15) is 0 Å². The van der Waals surface area contributed by atoms with Crippen molar-refractivity contribution in [2.45, 2.75) is 19.9 Å². The Hall–Kier alpha value is -3.32. The molecule has 1 heterocycles. The molecule has 0 saturated heterocycles. The molecule has 0 aliphatic carbocycles. The van der Waals surface area contributed by atoms with E-state index in [1.807, 2.05) is 6.07 Å². The SMILES string of the molecule is CCOC(=O)C1=C(C(=O)OCC)N(c2ccc(Cl)cc2)C(=O)NC1c1ccccc1. The zero-order valence-electron chi connectivity index (χ0n) is 16.6. The minimum absolute atomic E-state index is 0.00366. The maximum absolute atomic E-state index is 13.1. The molecular formula is C22H21ClN2O5. The predicted molar refractivity (Wildman–Crippen MR) is 112 cm³/mol. The van der Waals surface area contributed by atoms with Crippen LogP contribution in [0.25, 0.3) is 0 Å². The number of benzene rings is 2. The number of amides is 2. The molecule has 1 aliphatic rings. The molecule has 3 rings (SSSR count). The van der Waals surface area contributed by atoms with Gasteiger partial charge in [-0.05, 0) is 43.7 Å². The van der Waals surface area contributed by atoms with Crippen LogP contribution in [0.5, 0.6) is 0 Å². The van der Waals surface area contributed by atoms with Gasteiger partial charge in [0, 0.05) is 5.02 Å². The molecule has 2 amide bonds. The molecule has 2 aromatic carbocycles. The molecule has 8 heteroatoms. The summed E-state index contributed by atoms with van der Waals surface area (Å²) in [6.07, 6.45) is 0. The molecule has 156 valence electrons. The van der Waals surface area contributed by atoms with Crippen LogP contribution in [-0.4, -0.2) is 31.2 Å². The van der Waals surface area contributed by atoms with Gasteiger partial charge in [-0.3, -0.25) is 4.90 Å². The smallest absolute Gasteiger partial charge is 0.356 e. The van der Waals surface area contributed by atoms with Gasteiger partial charge in [-0.1, -0.05) is 41.9 Å². The summed E-state index contributed by atoms with van der Waals surface area (Å²) >= 11 is 5.96. The Morgan fingerprint density at radius 3 is 2.17 bits per heavy atom. The first-order valence-electron chi connectivity index (χ1n) is 9.47. The van der Waals surface area contributed by atoms with Gasteiger partial charge in [0.15, 0.2) is 0 Å². The van der Waals surface area contributed by atoms with Gasteiger partial charge in [0.05, 0.1) is 30.5 Å². The standard InChI is InChI=1S/C22H21ClN2O5/c1-3-29-20(26)17-18(14-8-6-5-7-9-14)24-22(28)25(19(17)21(27)30-4-2)16-12-10-15(23)11-13-16/h5-13,18H,3-4H2,1-2H3,(H,24,28). The number of urea groups is 1. The van der Waals surface area contributed by atoms with Crippen molar-refractivity contribution in [1.29, 1.82) is 0 Å². The third-order valence-electron chi connectivity index (χ3n) is 4.42. The summed E-state index contributed by atoms with van der Waals surface area (Å²) in [6.45, 7) is 3.49. The number of hydrogen-bond acceptors (Lipinski definition) is 5. The van der Waals surface area contributed by atoms with Crippen LogP contribution >= 0.6 is 11.6 Å². The lowest BCUT2D eigenvalue weighted by Gasteiger charge is -2.35. The Balaban J connectivity index is 2.26. The Morgan fingerprint density at radius 1 is 0.967 bits per heavy atom. The number of carbonyl (C=O) groups excluding carboxylic acids is 3. The van der Waals surface area contributed by atoms with Crippen molar-refractivity contribution in [3.05, 3.63) is 76.5 Å². The van der Waals surface area contributed by atoms with E-state index in [0.29, 0.717) is 16.3 Å². The van der Waals surface area contributed by atoms with E-state index < -0.39 is 24.0 Å². The first-order valence-corrected chi connectivity index (χ1v) is 9.85. The largest absolute Gasteiger partial charge is 0.463 e. The zero-order chi connectivity index (χ0) is 21.7. The van der Waals surface area contributed by atoms with Gasteiger partial charge in [0.1, 0.15) is 5.70 Å². The topological polar surface area (TPSA) is 84.9 Å². The first kappa shape index (κ1) is 21.4. The lowest BCUT2D eigenvalue weighted by molar-refractivity contribution is -0.142. The van der Waals surface area contributed by atoms with Gasteiger partial charge < -0.3 is 14.8 Å². The van der Waals surface area contributed by atoms with Crippen LogP contribution in [0.15, 0.2) is 65.9 Å². The number of hydrogen-bond donors (Lipinski definition) is 1. The molecule has 7 nitrogen and oxygen atoms in total. The third kappa shape index (κ3) is 4.31. The summed E-state index contributed by atoms with van der Waals surface area (Å²) in [5.41, 5.74) is 0.797. The molecule has 0 bridgehead atoms. The van der Waals surface area contributed by atoms with Crippen LogP contribution < -0.4 is 10.2 Å². The van der Waals surface area contributed by atoms with Crippen molar-refractivity contribution in [3.63, 3.8) is 0 Å². The minimum Gasteiger partial charge on any atom is -0.463 e. The van der Waals surface area contributed by atoms with Gasteiger partial charge in [-0.15, -0.1) is 0 Å². The zero-order valence-corrected chi connectivity index (χ0v) is 17.3. The number of nitrogens with zero attached hydrogens (tertiary/aromatic N) is 1. The van der Waals surface area contributed by atoms with E-state index in [1.54, 1.807) is 62.4 Å². The summed E-state index contributed by atoms with van der Waals surface area (Å²) in [7, 11) is 0. The maximum atomic E-state index is 13.1. The second kappa shape index (κ2) is 9.45. The Labute approximate surface area is 179 Å². The van der Waals surface area contributed by atoms with Crippen LogP contribution in [0.1, 0.15) is 25.5 Å². The highest BCUT2D eigenvalue weighted by Gasteiger charge is 2.42. The molecule has 1 atom stereocenters. The number of carbonyl (C=O) groups is 3. The highest BCUT2D eigenvalue weighted by Crippen LogP contribution is 2.35. The summed E-state index contributed by atoms with van der Waals surface area (Å²) in [5, 5.41) is 3.26. The molecule has 0 radical (unpaired) electrons. The predicted octanol–water partition coefficient (Wildman–Crippen LogP) is 3.99. The molecule has 1 N–H and O–H groups in total. The van der Waals surface area contributed by atoms with Crippen molar-refractivity contribution in [3.8, 4) is 0 Å². The fourth-order valence-corrected chi connectivity index (χ4v) is 3.30. The summed E-state index contributed by atoms with van der Waals surface area (Å²) in [5.74, 6) is -1.51. The molecule has 0 aromatic heterocycles. The molecule has 1 unspecified atom stereocenters. The minimum atomic E-state index is -0.874. The molecule has 30 heavy (non-hydrogen) atoms. The fraction of sp³-hybridized carbons (Fsp3) is 0.227. The van der Waals surface area contributed by atoms with Gasteiger partial charge >= 0.3 is 18.0 Å². The maximum Gasteiger partial charge on any atom is 0.356 e. The number of rotatable bonds is 6. The summed E-state index contributed by atoms with van der Waals surface area (Å²) in [6, 6.07) is 13.7. The number of nitrogens with one attached hydrogen (secondary N) is 1. The van der Waals surface area contributed by atoms with E-state index >= 15 is 0 Å². The third-order valence-corrected chi connectivity index (χ3v) is 4.67. The van der Waals surface area contributed by atoms with Crippen LogP contribution in [-0.2, 0) is 19.1 Å². The Kier molecular flexibility index (Phi) is 6.74. The van der Waals surface area contributed by atoms with Gasteiger partial charge in [0.2, 0.25) is 0 Å². The number of ether oxygens (including phenoxy) is 2. The van der Waals surface area contributed by atoms with Crippen LogP contribution in [0.4, 0.5) is 10.5 Å². The van der Waals surface area contributed by atoms with E-state index in [9.17, 15) is 14.4 Å². The van der Waals surface area contributed by atoms with Crippen molar-refractivity contribution in [2.24, 2.45) is 0 Å². The Morgan fingerprint density at radius 2 is 1.57 bits per heavy atom. The van der Waals surface area contributed by atoms with E-state index in [2.05, 4.69) is 5.32 Å². The highest BCUT2D eigenvalue weighted by molar-refractivity contribution is 6.30. The average Bonchev–Trinajstić information content (AvgIpc) is 2.74. The summed E-state index contributed by atoms with van der Waals surface area (Å²) < 4.78 is 10.4. The van der Waals surface area contributed by atoms with Crippen molar-refractivity contribution < 1.29 is 23.9 Å². The molecule has 2 aromatic rings. The van der Waals surface area contributed by atoms with E-state index in [0.717, 1.165) is 4.90 Å². The van der Waals surface area contributed by atoms with Gasteiger partial charge in [0.25, 0.3) is 0 Å². The van der Waals surface area contributed by atoms with E-state index in [1.165, 1.54) is 0 Å². The normalized spacial score (nSPS) is 16.2.